The summed E-state index contributed by atoms with van der Waals surface area (Å²) >= 11 is 0. The van der Waals surface area contributed by atoms with Crippen LogP contribution in [0, 0.1) is 17.8 Å². The third-order valence-electron chi connectivity index (χ3n) is 7.87. The zero-order valence-electron chi connectivity index (χ0n) is 26.5. The number of hydrogen-bond acceptors (Lipinski definition) is 7. The predicted octanol–water partition coefficient (Wildman–Crippen LogP) is 2.17. The first-order valence-corrected chi connectivity index (χ1v) is 15.0. The van der Waals surface area contributed by atoms with E-state index >= 15 is 0 Å². The van der Waals surface area contributed by atoms with Gasteiger partial charge in [0.15, 0.2) is 0 Å². The summed E-state index contributed by atoms with van der Waals surface area (Å²) in [6.45, 7) is 14.1. The highest BCUT2D eigenvalue weighted by Crippen LogP contribution is 2.23. The van der Waals surface area contributed by atoms with Gasteiger partial charge in [0.2, 0.25) is 17.7 Å². The maximum Gasteiger partial charge on any atom is 0.328 e. The van der Waals surface area contributed by atoms with E-state index in [9.17, 15) is 19.2 Å². The van der Waals surface area contributed by atoms with Gasteiger partial charge in [0.25, 0.3) is 0 Å². The van der Waals surface area contributed by atoms with Gasteiger partial charge < -0.3 is 26.4 Å². The summed E-state index contributed by atoms with van der Waals surface area (Å²) in [7, 11) is 1.28. The van der Waals surface area contributed by atoms with Crippen LogP contribution in [0.25, 0.3) is 0 Å². The summed E-state index contributed by atoms with van der Waals surface area (Å²) in [5.41, 5.74) is 8.06. The molecule has 0 fully saturated rings. The van der Waals surface area contributed by atoms with Gasteiger partial charge >= 0.3 is 5.97 Å². The maximum absolute atomic E-state index is 13.6. The first kappa shape index (κ1) is 35.0. The van der Waals surface area contributed by atoms with Crippen LogP contribution in [0.1, 0.15) is 60.5 Å². The molecule has 0 aromatic heterocycles. The molecule has 1 heterocycles. The van der Waals surface area contributed by atoms with Crippen molar-refractivity contribution in [2.45, 2.75) is 91.5 Å². The Morgan fingerprint density at radius 1 is 0.881 bits per heavy atom. The highest BCUT2D eigenvalue weighted by atomic mass is 16.5. The quantitative estimate of drug-likeness (QED) is 0.205. The molecule has 42 heavy (non-hydrogen) atoms. The van der Waals surface area contributed by atoms with E-state index in [1.54, 1.807) is 6.92 Å². The number of amides is 3. The molecule has 0 aliphatic carbocycles. The number of ether oxygens (including phenoxy) is 1. The van der Waals surface area contributed by atoms with Crippen LogP contribution in [-0.2, 0) is 30.3 Å². The molecular weight excluding hydrogens is 534 g/mol. The minimum atomic E-state index is -0.819. The average Bonchev–Trinajstić information content (AvgIpc) is 3.16. The number of benzene rings is 1. The minimum absolute atomic E-state index is 0.103. The highest BCUT2D eigenvalue weighted by Gasteiger charge is 2.34. The van der Waals surface area contributed by atoms with Gasteiger partial charge in [0.1, 0.15) is 12.1 Å². The Labute approximate surface area is 251 Å². The molecule has 6 atom stereocenters. The number of carbonyl (C=O) groups excluding carboxylic acids is 4. The third-order valence-corrected chi connectivity index (χ3v) is 7.87. The lowest BCUT2D eigenvalue weighted by molar-refractivity contribution is -0.147. The van der Waals surface area contributed by atoms with Gasteiger partial charge in [0, 0.05) is 19.1 Å². The zero-order chi connectivity index (χ0) is 31.6. The molecule has 3 amide bonds. The van der Waals surface area contributed by atoms with Gasteiger partial charge in [-0.05, 0) is 56.9 Å². The molecule has 5 N–H and O–H groups in total. The van der Waals surface area contributed by atoms with Crippen molar-refractivity contribution in [2.24, 2.45) is 23.5 Å². The van der Waals surface area contributed by atoms with Crippen molar-refractivity contribution in [3.8, 4) is 0 Å². The second-order valence-corrected chi connectivity index (χ2v) is 12.1. The highest BCUT2D eigenvalue weighted by molar-refractivity contribution is 5.92. The second-order valence-electron chi connectivity index (χ2n) is 12.1. The van der Waals surface area contributed by atoms with Crippen LogP contribution < -0.4 is 21.7 Å². The number of methoxy groups -OCH3 is 1. The van der Waals surface area contributed by atoms with Crippen molar-refractivity contribution in [3.05, 3.63) is 47.5 Å². The van der Waals surface area contributed by atoms with Gasteiger partial charge in [-0.3, -0.25) is 19.3 Å². The molecule has 0 radical (unpaired) electrons. The van der Waals surface area contributed by atoms with Crippen LogP contribution in [0.15, 0.2) is 42.0 Å². The van der Waals surface area contributed by atoms with E-state index in [1.807, 2.05) is 59.7 Å². The molecule has 0 bridgehead atoms. The van der Waals surface area contributed by atoms with Gasteiger partial charge in [-0.1, -0.05) is 69.7 Å². The van der Waals surface area contributed by atoms with E-state index in [2.05, 4.69) is 39.1 Å². The summed E-state index contributed by atoms with van der Waals surface area (Å²) in [5, 5.41) is 8.71. The minimum Gasteiger partial charge on any atom is -0.467 e. The monoisotopic (exact) mass is 585 g/mol. The Morgan fingerprint density at radius 3 is 2.02 bits per heavy atom. The number of esters is 1. The number of rotatable bonds is 13. The largest absolute Gasteiger partial charge is 0.467 e. The van der Waals surface area contributed by atoms with E-state index < -0.39 is 36.0 Å². The third kappa shape index (κ3) is 10.2. The molecule has 1 unspecified atom stereocenters. The van der Waals surface area contributed by atoms with Gasteiger partial charge in [-0.15, -0.1) is 0 Å². The summed E-state index contributed by atoms with van der Waals surface area (Å²) < 4.78 is 4.85. The number of nitrogens with two attached hydrogens (primary N) is 1. The molecule has 1 aliphatic heterocycles. The lowest BCUT2D eigenvalue weighted by Crippen LogP contribution is -2.58. The van der Waals surface area contributed by atoms with Crippen molar-refractivity contribution in [1.82, 2.24) is 20.9 Å². The fourth-order valence-corrected chi connectivity index (χ4v) is 5.14. The molecule has 0 spiro atoms. The first-order valence-electron chi connectivity index (χ1n) is 15.0. The molecule has 234 valence electrons. The van der Waals surface area contributed by atoms with Crippen LogP contribution in [0.5, 0.6) is 0 Å². The maximum atomic E-state index is 13.6. The summed E-state index contributed by atoms with van der Waals surface area (Å²) in [6, 6.07) is 7.25. The first-order chi connectivity index (χ1) is 19.7. The Hall–Kier alpha value is -3.24. The fraction of sp³-hybridized carbons (Fsp3) is 0.625. The van der Waals surface area contributed by atoms with E-state index in [4.69, 9.17) is 10.5 Å². The fourth-order valence-electron chi connectivity index (χ4n) is 5.14. The SMILES string of the molecule is COC(=O)[C@@H](NC(=O)[C@@H](NC(=O)[C@H](C)N1CCC([C@H](C)NC(=O)[C@H](C)N)=CC(Cc2ccccc2)C1)C(C)C)C(C)C. The van der Waals surface area contributed by atoms with Crippen LogP contribution in [0.4, 0.5) is 0 Å². The molecular formula is C32H51N5O5. The van der Waals surface area contributed by atoms with E-state index in [0.717, 1.165) is 12.0 Å². The molecule has 2 rings (SSSR count). The standard InChI is InChI=1S/C32H51N5O5/c1-19(2)27(31(40)36-28(20(3)4)32(41)42-8)35-30(39)23(7)37-15-14-26(22(6)34-29(38)21(5)33)17-25(18-37)16-24-12-10-9-11-13-24/h9-13,17,19-23,25,27-28H,14-16,18,33H2,1-8H3,(H,34,38)(H,35,39)(H,36,40)/t21-,22-,23-,25?,27-,28-/m0/s1. The van der Waals surface area contributed by atoms with Crippen molar-refractivity contribution in [3.63, 3.8) is 0 Å². The lowest BCUT2D eigenvalue weighted by Gasteiger charge is -2.32. The van der Waals surface area contributed by atoms with Crippen molar-refractivity contribution >= 4 is 23.7 Å². The predicted molar refractivity (Wildman–Crippen MR) is 164 cm³/mol. The summed E-state index contributed by atoms with van der Waals surface area (Å²) in [5.74, 6) is -1.69. The number of carbonyl (C=O) groups is 4. The average molecular weight is 586 g/mol. The number of hydrogen-bond donors (Lipinski definition) is 4. The molecule has 10 heteroatoms. The Bertz CT molecular complexity index is 1090. The van der Waals surface area contributed by atoms with E-state index in [1.165, 1.54) is 12.7 Å². The number of nitrogens with zero attached hydrogens (tertiary/aromatic N) is 1. The van der Waals surface area contributed by atoms with Crippen LogP contribution in [0.2, 0.25) is 0 Å². The lowest BCUT2D eigenvalue weighted by atomic mass is 9.94. The van der Waals surface area contributed by atoms with Crippen molar-refractivity contribution < 1.29 is 23.9 Å². The second kappa shape index (κ2) is 16.4. The van der Waals surface area contributed by atoms with Gasteiger partial charge in [-0.2, -0.15) is 0 Å². The van der Waals surface area contributed by atoms with Crippen molar-refractivity contribution in [1.29, 1.82) is 0 Å². The Morgan fingerprint density at radius 2 is 1.48 bits per heavy atom. The van der Waals surface area contributed by atoms with Crippen LogP contribution >= 0.6 is 0 Å². The molecule has 1 aliphatic rings. The summed E-state index contributed by atoms with van der Waals surface area (Å²) in [4.78, 5) is 53.4. The number of nitrogens with one attached hydrogen (secondary N) is 3. The molecule has 10 nitrogen and oxygen atoms in total. The Balaban J connectivity index is 2.21. The topological polar surface area (TPSA) is 143 Å². The zero-order valence-corrected chi connectivity index (χ0v) is 26.5. The van der Waals surface area contributed by atoms with E-state index in [0.29, 0.717) is 19.5 Å². The summed E-state index contributed by atoms with van der Waals surface area (Å²) in [6.07, 6.45) is 3.68. The molecule has 1 aromatic rings. The van der Waals surface area contributed by atoms with Gasteiger partial charge in [0.05, 0.1) is 19.2 Å². The van der Waals surface area contributed by atoms with E-state index in [-0.39, 0.29) is 35.6 Å². The Kier molecular flexibility index (Phi) is 13.7. The molecule has 1 aromatic carbocycles. The normalized spacial score (nSPS) is 19.5. The van der Waals surface area contributed by atoms with Crippen LogP contribution in [-0.4, -0.2) is 79.0 Å². The van der Waals surface area contributed by atoms with Gasteiger partial charge in [-0.25, -0.2) is 4.79 Å². The van der Waals surface area contributed by atoms with Crippen molar-refractivity contribution in [2.75, 3.05) is 20.2 Å². The smallest absolute Gasteiger partial charge is 0.328 e. The van der Waals surface area contributed by atoms with Crippen LogP contribution in [0.3, 0.4) is 0 Å². The molecule has 0 saturated heterocycles. The molecule has 0 saturated carbocycles.